The highest BCUT2D eigenvalue weighted by Gasteiger charge is 2.29. The Bertz CT molecular complexity index is 434. The molecule has 0 bridgehead atoms. The summed E-state index contributed by atoms with van der Waals surface area (Å²) >= 11 is 0. The smallest absolute Gasteiger partial charge is 0.463 e. The molecule has 0 saturated carbocycles. The molecule has 0 radical (unpaired) electrons. The largest absolute Gasteiger partial charge is 0.469 e. The van der Waals surface area contributed by atoms with Crippen molar-refractivity contribution in [3.63, 3.8) is 0 Å². The van der Waals surface area contributed by atoms with Gasteiger partial charge in [0.25, 0.3) is 0 Å². The van der Waals surface area contributed by atoms with Gasteiger partial charge < -0.3 is 19.0 Å². The lowest BCUT2D eigenvalue weighted by molar-refractivity contribution is -0.928. The monoisotopic (exact) mass is 394 g/mol. The number of carbonyl (C=O) groups excluding carboxylic acids is 1. The fourth-order valence-electron chi connectivity index (χ4n) is 3.50. The van der Waals surface area contributed by atoms with Crippen molar-refractivity contribution in [1.29, 1.82) is 0 Å². The number of ether oxygens (including phenoxy) is 1. The predicted octanol–water partition coefficient (Wildman–Crippen LogP) is 3.41. The highest BCUT2D eigenvalue weighted by atomic mass is 31.2. The van der Waals surface area contributed by atoms with Crippen LogP contribution in [0.4, 0.5) is 0 Å². The molecule has 0 aliphatic carbocycles. The summed E-state index contributed by atoms with van der Waals surface area (Å²) in [5, 5.41) is 0. The van der Waals surface area contributed by atoms with E-state index in [0.717, 1.165) is 56.0 Å². The molecule has 0 amide bonds. The van der Waals surface area contributed by atoms with Crippen LogP contribution in [0.2, 0.25) is 0 Å². The number of phosphoric ester groups is 1. The van der Waals surface area contributed by atoms with Gasteiger partial charge in [-0.1, -0.05) is 27.4 Å². The van der Waals surface area contributed by atoms with Gasteiger partial charge in [0, 0.05) is 12.5 Å². The van der Waals surface area contributed by atoms with Crippen LogP contribution in [-0.4, -0.2) is 59.1 Å². The van der Waals surface area contributed by atoms with Crippen LogP contribution in [0, 0.1) is 0 Å². The molecule has 0 heterocycles. The fourth-order valence-corrected chi connectivity index (χ4v) is 4.10. The summed E-state index contributed by atoms with van der Waals surface area (Å²) in [5.41, 5.74) is 0. The summed E-state index contributed by atoms with van der Waals surface area (Å²) < 4.78 is 22.2. The van der Waals surface area contributed by atoms with E-state index in [1.165, 1.54) is 0 Å². The molecule has 0 saturated heterocycles. The van der Waals surface area contributed by atoms with Crippen LogP contribution in [-0.2, 0) is 18.6 Å². The lowest BCUT2D eigenvalue weighted by atomic mass is 10.1. The predicted molar refractivity (Wildman–Crippen MR) is 103 cm³/mol. The third-order valence-electron chi connectivity index (χ3n) is 4.39. The molecule has 1 unspecified atom stereocenters. The van der Waals surface area contributed by atoms with Crippen molar-refractivity contribution in [3.8, 4) is 0 Å². The lowest BCUT2D eigenvalue weighted by Crippen LogP contribution is -2.51. The zero-order valence-electron chi connectivity index (χ0n) is 16.6. The summed E-state index contributed by atoms with van der Waals surface area (Å²) in [7, 11) is -4.55. The van der Waals surface area contributed by atoms with Crippen LogP contribution in [0.5, 0.6) is 0 Å². The second kappa shape index (κ2) is 13.4. The van der Waals surface area contributed by atoms with Crippen molar-refractivity contribution in [2.45, 2.75) is 65.4 Å². The molecule has 1 atom stereocenters. The van der Waals surface area contributed by atoms with Crippen molar-refractivity contribution >= 4 is 13.8 Å². The number of hydrogen-bond donors (Lipinski definition) is 2. The topological polar surface area (TPSA) is 93.1 Å². The highest BCUT2D eigenvalue weighted by Crippen LogP contribution is 2.39. The van der Waals surface area contributed by atoms with Crippen molar-refractivity contribution in [3.05, 3.63) is 12.7 Å². The first-order chi connectivity index (χ1) is 12.2. The minimum absolute atomic E-state index is 0.185. The van der Waals surface area contributed by atoms with Gasteiger partial charge in [-0.3, -0.25) is 4.52 Å². The number of carbonyl (C=O) groups is 1. The molecule has 0 fully saturated rings. The van der Waals surface area contributed by atoms with E-state index < -0.39 is 19.9 Å². The standard InChI is InChI=1S/C18H36NO6P/c1-5-12-19(13-6-2,14-7-3)15-11-17(25-26(21,22)23)10-9-16-24-18(20)8-4/h8,17H,4-7,9-16H2,1-3H3,(H-,21,22,23)/p+1. The quantitative estimate of drug-likeness (QED) is 0.137. The van der Waals surface area contributed by atoms with E-state index in [9.17, 15) is 19.1 Å². The van der Waals surface area contributed by atoms with Crippen molar-refractivity contribution in [1.82, 2.24) is 0 Å². The zero-order valence-corrected chi connectivity index (χ0v) is 17.5. The van der Waals surface area contributed by atoms with Gasteiger partial charge in [-0.05, 0) is 32.1 Å². The molecule has 154 valence electrons. The Labute approximate surface area is 158 Å². The summed E-state index contributed by atoms with van der Waals surface area (Å²) in [6.45, 7) is 14.0. The van der Waals surface area contributed by atoms with E-state index in [0.29, 0.717) is 19.3 Å². The van der Waals surface area contributed by atoms with Gasteiger partial charge in [0.05, 0.1) is 38.9 Å². The molecule has 0 aromatic heterocycles. The van der Waals surface area contributed by atoms with Crippen molar-refractivity contribution < 1.29 is 32.9 Å². The van der Waals surface area contributed by atoms with Gasteiger partial charge in [0.2, 0.25) is 0 Å². The molecule has 7 nitrogen and oxygen atoms in total. The Balaban J connectivity index is 4.82. The summed E-state index contributed by atoms with van der Waals surface area (Å²) in [5.74, 6) is -0.498. The van der Waals surface area contributed by atoms with E-state index in [2.05, 4.69) is 27.4 Å². The van der Waals surface area contributed by atoms with Crippen LogP contribution in [0.15, 0.2) is 12.7 Å². The lowest BCUT2D eigenvalue weighted by Gasteiger charge is -2.39. The molecule has 0 aromatic carbocycles. The molecule has 8 heteroatoms. The molecule has 0 rings (SSSR count). The Hall–Kier alpha value is -0.720. The van der Waals surface area contributed by atoms with Crippen LogP contribution in [0.3, 0.4) is 0 Å². The van der Waals surface area contributed by atoms with Crippen molar-refractivity contribution in [2.24, 2.45) is 0 Å². The molecule has 0 aliphatic heterocycles. The average Bonchev–Trinajstić information content (AvgIpc) is 2.55. The minimum Gasteiger partial charge on any atom is -0.463 e. The Morgan fingerprint density at radius 2 is 1.62 bits per heavy atom. The van der Waals surface area contributed by atoms with Gasteiger partial charge >= 0.3 is 13.8 Å². The number of rotatable bonds is 16. The second-order valence-electron chi connectivity index (χ2n) is 6.76. The summed E-state index contributed by atoms with van der Waals surface area (Å²) in [4.78, 5) is 29.5. The maximum Gasteiger partial charge on any atom is 0.469 e. The van der Waals surface area contributed by atoms with E-state index >= 15 is 0 Å². The van der Waals surface area contributed by atoms with Crippen LogP contribution in [0.1, 0.15) is 59.3 Å². The van der Waals surface area contributed by atoms with Crippen LogP contribution in [0.25, 0.3) is 0 Å². The van der Waals surface area contributed by atoms with E-state index in [4.69, 9.17) is 9.26 Å². The minimum atomic E-state index is -4.55. The third kappa shape index (κ3) is 11.8. The zero-order chi connectivity index (χ0) is 20.1. The van der Waals surface area contributed by atoms with Crippen molar-refractivity contribution in [2.75, 3.05) is 32.8 Å². The average molecular weight is 394 g/mol. The number of esters is 1. The summed E-state index contributed by atoms with van der Waals surface area (Å²) in [6, 6.07) is 0. The SMILES string of the molecule is C=CC(=O)OCCCC(CC[N+](CCC)(CCC)CCC)OP(=O)(O)O. The van der Waals surface area contributed by atoms with Crippen LogP contribution < -0.4 is 0 Å². The first kappa shape index (κ1) is 25.3. The highest BCUT2D eigenvalue weighted by molar-refractivity contribution is 7.46. The van der Waals surface area contributed by atoms with Gasteiger partial charge in [0.15, 0.2) is 0 Å². The Morgan fingerprint density at radius 3 is 2.04 bits per heavy atom. The van der Waals surface area contributed by atoms with Crippen LogP contribution >= 0.6 is 7.82 Å². The maximum atomic E-state index is 11.3. The molecule has 26 heavy (non-hydrogen) atoms. The fraction of sp³-hybridized carbons (Fsp3) is 0.833. The van der Waals surface area contributed by atoms with E-state index in [-0.39, 0.29) is 6.61 Å². The Kier molecular flexibility index (Phi) is 13.1. The first-order valence-electron chi connectivity index (χ1n) is 9.60. The third-order valence-corrected chi connectivity index (χ3v) is 4.96. The van der Waals surface area contributed by atoms with Gasteiger partial charge in [-0.2, -0.15) is 0 Å². The maximum absolute atomic E-state index is 11.3. The number of phosphoric acid groups is 1. The van der Waals surface area contributed by atoms with E-state index in [1.807, 2.05) is 0 Å². The first-order valence-corrected chi connectivity index (χ1v) is 11.1. The number of nitrogens with zero attached hydrogens (tertiary/aromatic N) is 1. The van der Waals surface area contributed by atoms with Gasteiger partial charge in [0.1, 0.15) is 0 Å². The second-order valence-corrected chi connectivity index (χ2v) is 7.95. The number of quaternary nitrogens is 1. The molecule has 0 aliphatic rings. The molecular formula is C18H37NO6P+. The van der Waals surface area contributed by atoms with E-state index in [1.54, 1.807) is 0 Å². The molecule has 2 N–H and O–H groups in total. The van der Waals surface area contributed by atoms with Gasteiger partial charge in [-0.15, -0.1) is 0 Å². The van der Waals surface area contributed by atoms with Gasteiger partial charge in [-0.25, -0.2) is 9.36 Å². The molecule has 0 aromatic rings. The Morgan fingerprint density at radius 1 is 1.08 bits per heavy atom. The molecular weight excluding hydrogens is 357 g/mol. The number of hydrogen-bond acceptors (Lipinski definition) is 4. The molecule has 0 spiro atoms. The summed E-state index contributed by atoms with van der Waals surface area (Å²) in [6.07, 6.45) is 5.24. The normalized spacial score (nSPS) is 13.4.